The summed E-state index contributed by atoms with van der Waals surface area (Å²) in [6.45, 7) is 1.96. The standard InChI is InChI=1S/C19H23NO4/c1-22-16-8-12-4-6-20-7-5-13-9-15(21)18(24-3)11-19(13,20)14(12)10-17(16)23-2/h8-11,15,21H,4-7H2,1-3H3/t15-,19-/m1/s1. The van der Waals surface area contributed by atoms with E-state index in [1.165, 1.54) is 16.7 Å². The van der Waals surface area contributed by atoms with Gasteiger partial charge in [0.15, 0.2) is 11.5 Å². The smallest absolute Gasteiger partial charge is 0.161 e. The minimum atomic E-state index is -0.666. The lowest BCUT2D eigenvalue weighted by Gasteiger charge is -2.45. The van der Waals surface area contributed by atoms with Crippen molar-refractivity contribution in [2.24, 2.45) is 0 Å². The molecule has 0 unspecified atom stereocenters. The number of ether oxygens (including phenoxy) is 3. The van der Waals surface area contributed by atoms with E-state index < -0.39 is 6.10 Å². The molecule has 0 saturated carbocycles. The van der Waals surface area contributed by atoms with Gasteiger partial charge >= 0.3 is 0 Å². The topological polar surface area (TPSA) is 51.2 Å². The summed E-state index contributed by atoms with van der Waals surface area (Å²) >= 11 is 0. The van der Waals surface area contributed by atoms with Gasteiger partial charge in [-0.2, -0.15) is 0 Å². The molecule has 1 saturated heterocycles. The highest BCUT2D eigenvalue weighted by Crippen LogP contribution is 2.52. The van der Waals surface area contributed by atoms with Crippen LogP contribution in [0.3, 0.4) is 0 Å². The van der Waals surface area contributed by atoms with Gasteiger partial charge in [0.2, 0.25) is 0 Å². The molecule has 0 bridgehead atoms. The Morgan fingerprint density at radius 2 is 1.75 bits per heavy atom. The predicted octanol–water partition coefficient (Wildman–Crippen LogP) is 1.99. The van der Waals surface area contributed by atoms with Gasteiger partial charge in [0, 0.05) is 13.1 Å². The fourth-order valence-corrected chi connectivity index (χ4v) is 4.41. The first kappa shape index (κ1) is 15.5. The zero-order chi connectivity index (χ0) is 16.9. The number of methoxy groups -OCH3 is 3. The van der Waals surface area contributed by atoms with Crippen molar-refractivity contribution in [3.05, 3.63) is 46.7 Å². The first-order valence-electron chi connectivity index (χ1n) is 8.30. The van der Waals surface area contributed by atoms with Crippen molar-refractivity contribution in [1.82, 2.24) is 4.90 Å². The molecule has 0 radical (unpaired) electrons. The van der Waals surface area contributed by atoms with E-state index in [1.54, 1.807) is 21.3 Å². The molecular weight excluding hydrogens is 306 g/mol. The van der Waals surface area contributed by atoms with Gasteiger partial charge in [-0.25, -0.2) is 0 Å². The van der Waals surface area contributed by atoms with Gasteiger partial charge in [-0.3, -0.25) is 4.90 Å². The number of hydrogen-bond donors (Lipinski definition) is 1. The Bertz CT molecular complexity index is 739. The summed E-state index contributed by atoms with van der Waals surface area (Å²) in [7, 11) is 4.94. The zero-order valence-electron chi connectivity index (χ0n) is 14.3. The maximum Gasteiger partial charge on any atom is 0.161 e. The lowest BCUT2D eigenvalue weighted by molar-refractivity contribution is 0.132. The van der Waals surface area contributed by atoms with E-state index in [9.17, 15) is 5.11 Å². The molecular formula is C19H23NO4. The normalized spacial score (nSPS) is 28.2. The van der Waals surface area contributed by atoms with Crippen molar-refractivity contribution in [2.75, 3.05) is 34.4 Å². The third kappa shape index (κ3) is 1.95. The molecule has 1 fully saturated rings. The monoisotopic (exact) mass is 329 g/mol. The van der Waals surface area contributed by atoms with Crippen molar-refractivity contribution < 1.29 is 19.3 Å². The van der Waals surface area contributed by atoms with Crippen LogP contribution >= 0.6 is 0 Å². The molecule has 1 aliphatic carbocycles. The summed E-state index contributed by atoms with van der Waals surface area (Å²) in [5.74, 6) is 2.10. The van der Waals surface area contributed by atoms with Gasteiger partial charge in [0.05, 0.1) is 26.9 Å². The maximum atomic E-state index is 10.3. The molecule has 1 aromatic rings. The van der Waals surface area contributed by atoms with Crippen LogP contribution in [0.5, 0.6) is 11.5 Å². The number of aliphatic hydroxyl groups is 1. The molecule has 1 spiro atoms. The van der Waals surface area contributed by atoms with Crippen LogP contribution in [0.4, 0.5) is 0 Å². The highest BCUT2D eigenvalue weighted by molar-refractivity contribution is 5.58. The predicted molar refractivity (Wildman–Crippen MR) is 90.3 cm³/mol. The van der Waals surface area contributed by atoms with Crippen LogP contribution in [0.1, 0.15) is 17.5 Å². The van der Waals surface area contributed by atoms with Gasteiger partial charge in [-0.1, -0.05) is 0 Å². The van der Waals surface area contributed by atoms with Crippen molar-refractivity contribution >= 4 is 0 Å². The van der Waals surface area contributed by atoms with Crippen LogP contribution in [0.25, 0.3) is 0 Å². The maximum absolute atomic E-state index is 10.3. The molecule has 1 aromatic carbocycles. The van der Waals surface area contributed by atoms with Gasteiger partial charge in [0.25, 0.3) is 0 Å². The third-order valence-electron chi connectivity index (χ3n) is 5.55. The van der Waals surface area contributed by atoms with Gasteiger partial charge in [0.1, 0.15) is 11.9 Å². The molecule has 5 heteroatoms. The number of nitrogens with zero attached hydrogens (tertiary/aromatic N) is 1. The van der Waals surface area contributed by atoms with Crippen molar-refractivity contribution in [3.63, 3.8) is 0 Å². The Hall–Kier alpha value is -1.98. The second-order valence-corrected chi connectivity index (χ2v) is 6.51. The quantitative estimate of drug-likeness (QED) is 0.860. The summed E-state index contributed by atoms with van der Waals surface area (Å²) in [6.07, 6.45) is 5.30. The minimum absolute atomic E-state index is 0.336. The zero-order valence-corrected chi connectivity index (χ0v) is 14.3. The molecule has 0 aromatic heterocycles. The number of aliphatic hydroxyl groups excluding tert-OH is 1. The number of rotatable bonds is 3. The average molecular weight is 329 g/mol. The molecule has 1 N–H and O–H groups in total. The summed E-state index contributed by atoms with van der Waals surface area (Å²) in [5, 5.41) is 10.3. The van der Waals surface area contributed by atoms with Crippen LogP contribution in [0.2, 0.25) is 0 Å². The van der Waals surface area contributed by atoms with Crippen LogP contribution in [0, 0.1) is 0 Å². The lowest BCUT2D eigenvalue weighted by Crippen LogP contribution is -2.47. The van der Waals surface area contributed by atoms with E-state index >= 15 is 0 Å². The van der Waals surface area contributed by atoms with E-state index in [0.717, 1.165) is 37.4 Å². The Kier molecular flexibility index (Phi) is 3.58. The van der Waals surface area contributed by atoms with Crippen LogP contribution in [-0.2, 0) is 16.7 Å². The van der Waals surface area contributed by atoms with E-state index in [1.807, 2.05) is 6.08 Å². The molecule has 2 atom stereocenters. The Labute approximate surface area is 142 Å². The summed E-state index contributed by atoms with van der Waals surface area (Å²) in [6, 6.07) is 4.17. The van der Waals surface area contributed by atoms with Crippen molar-refractivity contribution in [1.29, 1.82) is 0 Å². The van der Waals surface area contributed by atoms with Crippen molar-refractivity contribution in [2.45, 2.75) is 24.5 Å². The number of fused-ring (bicyclic) bond motifs is 1. The molecule has 2 aliphatic heterocycles. The summed E-state index contributed by atoms with van der Waals surface area (Å²) in [4.78, 5) is 2.47. The highest BCUT2D eigenvalue weighted by Gasteiger charge is 2.50. The third-order valence-corrected chi connectivity index (χ3v) is 5.55. The number of hydrogen-bond acceptors (Lipinski definition) is 5. The average Bonchev–Trinajstić information content (AvgIpc) is 2.98. The second-order valence-electron chi connectivity index (χ2n) is 6.51. The van der Waals surface area contributed by atoms with Gasteiger partial charge in [-0.15, -0.1) is 0 Å². The first-order valence-corrected chi connectivity index (χ1v) is 8.30. The molecule has 5 nitrogen and oxygen atoms in total. The summed E-state index contributed by atoms with van der Waals surface area (Å²) < 4.78 is 16.5. The van der Waals surface area contributed by atoms with E-state index in [-0.39, 0.29) is 5.54 Å². The van der Waals surface area contributed by atoms with Crippen LogP contribution in [-0.4, -0.2) is 50.5 Å². The Balaban J connectivity index is 1.96. The molecule has 0 amide bonds. The van der Waals surface area contributed by atoms with Gasteiger partial charge < -0.3 is 19.3 Å². The molecule has 24 heavy (non-hydrogen) atoms. The lowest BCUT2D eigenvalue weighted by atomic mass is 9.74. The molecule has 128 valence electrons. The Morgan fingerprint density at radius 3 is 2.46 bits per heavy atom. The van der Waals surface area contributed by atoms with Crippen LogP contribution < -0.4 is 9.47 Å². The van der Waals surface area contributed by atoms with E-state index in [0.29, 0.717) is 5.76 Å². The van der Waals surface area contributed by atoms with E-state index in [4.69, 9.17) is 14.2 Å². The Morgan fingerprint density at radius 1 is 1.04 bits per heavy atom. The van der Waals surface area contributed by atoms with Gasteiger partial charge in [-0.05, 0) is 53.8 Å². The number of benzene rings is 1. The first-order chi connectivity index (χ1) is 11.6. The fourth-order valence-electron chi connectivity index (χ4n) is 4.41. The highest BCUT2D eigenvalue weighted by atomic mass is 16.5. The van der Waals surface area contributed by atoms with E-state index in [2.05, 4.69) is 23.1 Å². The van der Waals surface area contributed by atoms with Crippen molar-refractivity contribution in [3.8, 4) is 11.5 Å². The molecule has 4 rings (SSSR count). The minimum Gasteiger partial charge on any atom is -0.498 e. The SMILES string of the molecule is COC1=C[C@]23C(=C[C@H]1O)CCN2CCc1cc(OC)c(OC)cc13. The largest absolute Gasteiger partial charge is 0.498 e. The van der Waals surface area contributed by atoms with Crippen LogP contribution in [0.15, 0.2) is 35.6 Å². The second kappa shape index (κ2) is 5.53. The fraction of sp³-hybridized carbons (Fsp3) is 0.474. The molecule has 2 heterocycles. The summed E-state index contributed by atoms with van der Waals surface area (Å²) in [5.41, 5.74) is 3.37. The molecule has 3 aliphatic rings.